The maximum absolute atomic E-state index is 13.1. The van der Waals surface area contributed by atoms with E-state index < -0.39 is 0 Å². The second-order valence-corrected chi connectivity index (χ2v) is 13.0. The van der Waals surface area contributed by atoms with Gasteiger partial charge in [-0.2, -0.15) is 0 Å². The Labute approximate surface area is 273 Å². The van der Waals surface area contributed by atoms with Gasteiger partial charge in [-0.1, -0.05) is 13.8 Å². The monoisotopic (exact) mass is 637 g/mol. The average molecular weight is 638 g/mol. The van der Waals surface area contributed by atoms with E-state index in [2.05, 4.69) is 46.7 Å². The molecule has 0 bridgehead atoms. The highest BCUT2D eigenvalue weighted by Crippen LogP contribution is 2.38. The van der Waals surface area contributed by atoms with Crippen molar-refractivity contribution in [2.75, 3.05) is 43.1 Å². The molecular weight excluding hydrogens is 598 g/mol. The van der Waals surface area contributed by atoms with Crippen LogP contribution in [0.2, 0.25) is 0 Å². The van der Waals surface area contributed by atoms with Crippen molar-refractivity contribution in [3.8, 4) is 11.1 Å². The first kappa shape index (κ1) is 31.9. The maximum atomic E-state index is 13.1. The number of aromatic nitrogens is 4. The Morgan fingerprint density at radius 2 is 1.89 bits per heavy atom. The van der Waals surface area contributed by atoms with Crippen molar-refractivity contribution < 1.29 is 19.1 Å². The van der Waals surface area contributed by atoms with Gasteiger partial charge in [0.2, 0.25) is 6.41 Å². The van der Waals surface area contributed by atoms with Crippen molar-refractivity contribution in [2.45, 2.75) is 40.2 Å². The number of fused-ring (bicyclic) bond motifs is 1. The largest absolute Gasteiger partial charge is 0.378 e. The van der Waals surface area contributed by atoms with Gasteiger partial charge < -0.3 is 24.1 Å². The van der Waals surface area contributed by atoms with Crippen molar-refractivity contribution in [2.24, 2.45) is 12.5 Å². The third-order valence-electron chi connectivity index (χ3n) is 8.94. The number of rotatable bonds is 10. The summed E-state index contributed by atoms with van der Waals surface area (Å²) < 4.78 is 9.00. The summed E-state index contributed by atoms with van der Waals surface area (Å²) in [4.78, 5) is 62.9. The third kappa shape index (κ3) is 6.46. The average Bonchev–Trinajstić information content (AvgIpc) is 3.52. The minimum atomic E-state index is -0.307. The lowest BCUT2D eigenvalue weighted by Crippen LogP contribution is -2.40. The van der Waals surface area contributed by atoms with Gasteiger partial charge in [0.15, 0.2) is 6.29 Å². The number of aryl methyl sites for hydroxylation is 2. The smallest absolute Gasteiger partial charge is 0.274 e. The van der Waals surface area contributed by atoms with Crippen molar-refractivity contribution in [1.82, 2.24) is 24.0 Å². The Hall–Kier alpha value is -5.10. The molecule has 1 fully saturated rings. The van der Waals surface area contributed by atoms with Gasteiger partial charge >= 0.3 is 0 Å². The van der Waals surface area contributed by atoms with Crippen molar-refractivity contribution >= 4 is 35.9 Å². The summed E-state index contributed by atoms with van der Waals surface area (Å²) in [5, 5.41) is 3.06. The zero-order valence-corrected chi connectivity index (χ0v) is 27.2. The molecule has 1 aliphatic heterocycles. The number of amides is 2. The quantitative estimate of drug-likeness (QED) is 0.260. The van der Waals surface area contributed by atoms with Gasteiger partial charge in [0, 0.05) is 68.8 Å². The highest BCUT2D eigenvalue weighted by molar-refractivity contribution is 5.96. The summed E-state index contributed by atoms with van der Waals surface area (Å²) in [5.41, 5.74) is 5.70. The van der Waals surface area contributed by atoms with E-state index in [0.29, 0.717) is 74.6 Å². The van der Waals surface area contributed by atoms with E-state index in [1.165, 1.54) is 26.9 Å². The van der Waals surface area contributed by atoms with Crippen LogP contribution in [-0.2, 0) is 36.0 Å². The molecule has 2 amide bonds. The van der Waals surface area contributed by atoms with Crippen LogP contribution in [0.5, 0.6) is 0 Å². The summed E-state index contributed by atoms with van der Waals surface area (Å²) in [6.07, 6.45) is 8.06. The van der Waals surface area contributed by atoms with Crippen LogP contribution < -0.4 is 15.8 Å². The molecule has 4 aromatic rings. The fourth-order valence-electron chi connectivity index (χ4n) is 6.61. The lowest BCUT2D eigenvalue weighted by atomic mass is 9.90. The molecule has 1 N–H and O–H groups in total. The molecule has 0 spiro atoms. The van der Waals surface area contributed by atoms with Gasteiger partial charge in [0.1, 0.15) is 17.3 Å². The predicted molar refractivity (Wildman–Crippen MR) is 178 cm³/mol. The molecule has 12 nitrogen and oxygen atoms in total. The van der Waals surface area contributed by atoms with E-state index in [0.717, 1.165) is 18.5 Å². The fourth-order valence-corrected chi connectivity index (χ4v) is 6.61. The summed E-state index contributed by atoms with van der Waals surface area (Å²) in [7, 11) is 1.62. The van der Waals surface area contributed by atoms with E-state index in [-0.39, 0.29) is 34.0 Å². The predicted octanol–water partition coefficient (Wildman–Crippen LogP) is 3.77. The van der Waals surface area contributed by atoms with Gasteiger partial charge in [0.25, 0.3) is 11.5 Å². The number of nitrogens with one attached hydrogen (secondary N) is 1. The van der Waals surface area contributed by atoms with E-state index in [1.807, 2.05) is 0 Å². The van der Waals surface area contributed by atoms with Gasteiger partial charge in [0.05, 0.1) is 24.3 Å². The molecule has 5 heterocycles. The summed E-state index contributed by atoms with van der Waals surface area (Å²) in [5.74, 6) is 0.506. The first-order valence-electron chi connectivity index (χ1n) is 15.7. The molecule has 0 radical (unpaired) electrons. The molecule has 6 rings (SSSR count). The molecule has 12 heteroatoms. The minimum Gasteiger partial charge on any atom is -0.378 e. The number of ether oxygens (including phenoxy) is 1. The molecule has 0 atom stereocenters. The van der Waals surface area contributed by atoms with Crippen LogP contribution in [0.4, 0.5) is 17.3 Å². The highest BCUT2D eigenvalue weighted by atomic mass is 16.5. The topological polar surface area (TPSA) is 132 Å². The molecule has 1 saturated heterocycles. The maximum Gasteiger partial charge on any atom is 0.274 e. The molecule has 4 aromatic heterocycles. The van der Waals surface area contributed by atoms with Crippen LogP contribution in [0, 0.1) is 12.3 Å². The molecule has 244 valence electrons. The van der Waals surface area contributed by atoms with Crippen LogP contribution in [0.3, 0.4) is 0 Å². The number of hydrogen-bond acceptors (Lipinski definition) is 8. The summed E-state index contributed by atoms with van der Waals surface area (Å²) in [6.45, 7) is 9.56. The molecule has 0 aromatic carbocycles. The second kappa shape index (κ2) is 13.0. The Bertz CT molecular complexity index is 1890. The number of carbonyl (C=O) groups is 3. The number of hydrogen-bond donors (Lipinski definition) is 1. The van der Waals surface area contributed by atoms with Gasteiger partial charge in [-0.05, 0) is 66.6 Å². The fraction of sp³-hybridized carbons (Fsp3) is 0.371. The van der Waals surface area contributed by atoms with Crippen LogP contribution >= 0.6 is 0 Å². The highest BCUT2D eigenvalue weighted by Gasteiger charge is 2.32. The van der Waals surface area contributed by atoms with Gasteiger partial charge in [-0.3, -0.25) is 24.1 Å². The van der Waals surface area contributed by atoms with Gasteiger partial charge in [-0.15, -0.1) is 0 Å². The second-order valence-electron chi connectivity index (χ2n) is 13.0. The van der Waals surface area contributed by atoms with Crippen LogP contribution in [0.25, 0.3) is 11.1 Å². The molecule has 0 saturated carbocycles. The zero-order chi connectivity index (χ0) is 33.3. The van der Waals surface area contributed by atoms with E-state index in [9.17, 15) is 19.2 Å². The van der Waals surface area contributed by atoms with Crippen molar-refractivity contribution in [1.29, 1.82) is 0 Å². The number of nitrogens with zero attached hydrogens (tertiary/aromatic N) is 6. The number of carbonyl (C=O) groups excluding carboxylic acids is 3. The van der Waals surface area contributed by atoms with Crippen LogP contribution in [0.15, 0.2) is 53.7 Å². The number of morpholine rings is 1. The Morgan fingerprint density at radius 1 is 1.11 bits per heavy atom. The minimum absolute atomic E-state index is 0.124. The first-order chi connectivity index (χ1) is 22.6. The van der Waals surface area contributed by atoms with Gasteiger partial charge in [-0.25, -0.2) is 9.97 Å². The van der Waals surface area contributed by atoms with Crippen molar-refractivity contribution in [3.05, 3.63) is 87.4 Å². The number of anilines is 3. The normalized spacial score (nSPS) is 15.3. The summed E-state index contributed by atoms with van der Waals surface area (Å²) in [6, 6.07) is 8.87. The lowest BCUT2D eigenvalue weighted by Gasteiger charge is -2.26. The molecule has 1 aliphatic carbocycles. The molecular formula is C35H39N7O5. The SMILES string of the molecule is Cc1cc2c(n1CCN(C=O)c1nccc(-c3cc(Nc4ccc(C(=O)N5CCOCC5)cn4)c(=O)n(C)c3)c1C=O)CC(C)(C)C2. The Morgan fingerprint density at radius 3 is 2.60 bits per heavy atom. The van der Waals surface area contributed by atoms with Crippen molar-refractivity contribution in [3.63, 3.8) is 0 Å². The molecule has 47 heavy (non-hydrogen) atoms. The number of aldehydes is 1. The van der Waals surface area contributed by atoms with Crippen LogP contribution in [0.1, 0.15) is 51.5 Å². The Kier molecular flexibility index (Phi) is 8.78. The van der Waals surface area contributed by atoms with E-state index in [4.69, 9.17) is 4.74 Å². The Balaban J connectivity index is 1.24. The first-order valence-corrected chi connectivity index (χ1v) is 15.7. The lowest BCUT2D eigenvalue weighted by molar-refractivity contribution is -0.107. The number of pyridine rings is 3. The standard InChI is InChI=1S/C35H39N7O5/c1-23-15-25-17-35(2,3)18-30(25)42(23)10-9-41(22-44)32-28(21-43)27(7-8-36-32)26-16-29(34(46)39(4)20-26)38-31-6-5-24(19-37-31)33(45)40-11-13-47-14-12-40/h5-8,15-16,19-22H,9-14,17-18H2,1-4H3,(H,37,38). The third-order valence-corrected chi connectivity index (χ3v) is 8.94. The summed E-state index contributed by atoms with van der Waals surface area (Å²) >= 11 is 0. The van der Waals surface area contributed by atoms with Crippen LogP contribution in [-0.4, -0.2) is 75.5 Å². The van der Waals surface area contributed by atoms with E-state index in [1.54, 1.807) is 48.6 Å². The molecule has 2 aliphatic rings. The molecule has 0 unspecified atom stereocenters. The zero-order valence-electron chi connectivity index (χ0n) is 27.2. The van der Waals surface area contributed by atoms with E-state index >= 15 is 0 Å².